The molecular formula is C23H27Cl2N3O4S. The van der Waals surface area contributed by atoms with Crippen LogP contribution in [0.25, 0.3) is 0 Å². The second-order valence-corrected chi connectivity index (χ2v) is 11.3. The molecule has 0 aliphatic carbocycles. The maximum atomic E-state index is 12.6. The Hall–Kier alpha value is -2.00. The molecule has 2 N–H and O–H groups in total. The molecular weight excluding hydrogens is 485 g/mol. The van der Waals surface area contributed by atoms with Gasteiger partial charge in [0.15, 0.2) is 6.61 Å². The molecule has 7 nitrogen and oxygen atoms in total. The van der Waals surface area contributed by atoms with Crippen LogP contribution >= 0.6 is 23.2 Å². The van der Waals surface area contributed by atoms with Gasteiger partial charge in [-0.2, -0.15) is 0 Å². The summed E-state index contributed by atoms with van der Waals surface area (Å²) in [5.41, 5.74) is 1.44. The Balaban J connectivity index is 1.30. The van der Waals surface area contributed by atoms with Crippen LogP contribution in [0.4, 0.5) is 5.69 Å². The van der Waals surface area contributed by atoms with Crippen molar-refractivity contribution >= 4 is 44.8 Å². The molecule has 0 spiro atoms. The Labute approximate surface area is 204 Å². The average Bonchev–Trinajstić information content (AvgIpc) is 2.96. The van der Waals surface area contributed by atoms with E-state index in [0.29, 0.717) is 17.1 Å². The predicted molar refractivity (Wildman–Crippen MR) is 130 cm³/mol. The quantitative estimate of drug-likeness (QED) is 0.557. The van der Waals surface area contributed by atoms with Gasteiger partial charge in [-0.3, -0.25) is 14.4 Å². The summed E-state index contributed by atoms with van der Waals surface area (Å²) in [5.74, 6) is 0.0173. The monoisotopic (exact) mass is 511 g/mol. The van der Waals surface area contributed by atoms with Gasteiger partial charge in [0.1, 0.15) is 5.75 Å². The van der Waals surface area contributed by atoms with Crippen LogP contribution in [-0.2, 0) is 21.4 Å². The minimum Gasteiger partial charge on any atom is -0.482 e. The molecule has 2 fully saturated rings. The van der Waals surface area contributed by atoms with Gasteiger partial charge in [0.25, 0.3) is 5.91 Å². The number of nitrogens with one attached hydrogen (secondary N) is 2. The van der Waals surface area contributed by atoms with Crippen LogP contribution in [0.1, 0.15) is 31.2 Å². The summed E-state index contributed by atoms with van der Waals surface area (Å²) in [5, 5.41) is 4.19. The van der Waals surface area contributed by atoms with Crippen LogP contribution < -0.4 is 14.8 Å². The molecule has 178 valence electrons. The summed E-state index contributed by atoms with van der Waals surface area (Å²) >= 11 is 12.0. The van der Waals surface area contributed by atoms with Crippen molar-refractivity contribution in [1.29, 1.82) is 0 Å². The number of carbonyl (C=O) groups excluding carboxylic acids is 1. The highest BCUT2D eigenvalue weighted by atomic mass is 35.5. The number of fused-ring (bicyclic) bond motifs is 2. The van der Waals surface area contributed by atoms with Crippen molar-refractivity contribution in [3.63, 3.8) is 0 Å². The van der Waals surface area contributed by atoms with E-state index in [1.807, 2.05) is 12.1 Å². The predicted octanol–water partition coefficient (Wildman–Crippen LogP) is 4.06. The van der Waals surface area contributed by atoms with Crippen LogP contribution in [-0.4, -0.2) is 50.2 Å². The van der Waals surface area contributed by atoms with Gasteiger partial charge < -0.3 is 10.1 Å². The number of hydrogen-bond donors (Lipinski definition) is 2. The fourth-order valence-electron chi connectivity index (χ4n) is 4.77. The molecule has 0 aromatic heterocycles. The van der Waals surface area contributed by atoms with Gasteiger partial charge in [-0.15, -0.1) is 0 Å². The highest BCUT2D eigenvalue weighted by Gasteiger charge is 2.40. The Bertz CT molecular complexity index is 1100. The summed E-state index contributed by atoms with van der Waals surface area (Å²) in [7, 11) is -3.51. The van der Waals surface area contributed by atoms with Crippen LogP contribution in [0.3, 0.4) is 0 Å². The Morgan fingerprint density at radius 2 is 1.70 bits per heavy atom. The zero-order valence-electron chi connectivity index (χ0n) is 18.3. The van der Waals surface area contributed by atoms with Gasteiger partial charge >= 0.3 is 0 Å². The van der Waals surface area contributed by atoms with Gasteiger partial charge in [-0.1, -0.05) is 35.3 Å². The molecule has 2 aromatic rings. The van der Waals surface area contributed by atoms with Gasteiger partial charge in [0, 0.05) is 34.7 Å². The number of halogens is 2. The van der Waals surface area contributed by atoms with E-state index in [0.717, 1.165) is 43.5 Å². The first-order chi connectivity index (χ1) is 15.7. The average molecular weight is 512 g/mol. The first kappa shape index (κ1) is 24.1. The number of anilines is 1. The number of nitrogens with zero attached hydrogens (tertiary/aromatic N) is 1. The van der Waals surface area contributed by atoms with E-state index in [4.69, 9.17) is 27.9 Å². The molecule has 2 saturated heterocycles. The van der Waals surface area contributed by atoms with Crippen LogP contribution in [0.5, 0.6) is 5.75 Å². The van der Waals surface area contributed by atoms with Crippen LogP contribution in [0.2, 0.25) is 10.0 Å². The normalized spacial score (nSPS) is 22.7. The molecule has 0 unspecified atom stereocenters. The van der Waals surface area contributed by atoms with Gasteiger partial charge in [-0.25, -0.2) is 8.42 Å². The Kier molecular flexibility index (Phi) is 7.38. The molecule has 10 heteroatoms. The Morgan fingerprint density at radius 3 is 2.33 bits per heavy atom. The highest BCUT2D eigenvalue weighted by Crippen LogP contribution is 2.37. The van der Waals surface area contributed by atoms with Crippen molar-refractivity contribution in [2.75, 3.05) is 17.6 Å². The second kappa shape index (κ2) is 10.1. The number of amides is 1. The van der Waals surface area contributed by atoms with Crippen LogP contribution in [0, 0.1) is 0 Å². The lowest BCUT2D eigenvalue weighted by Gasteiger charge is -2.39. The summed E-state index contributed by atoms with van der Waals surface area (Å²) in [4.78, 5) is 15.1. The van der Waals surface area contributed by atoms with E-state index >= 15 is 0 Å². The van der Waals surface area contributed by atoms with Crippen molar-refractivity contribution in [3.8, 4) is 5.75 Å². The highest BCUT2D eigenvalue weighted by molar-refractivity contribution is 7.92. The van der Waals surface area contributed by atoms with Crippen molar-refractivity contribution in [3.05, 3.63) is 58.1 Å². The number of rotatable bonds is 8. The van der Waals surface area contributed by atoms with E-state index in [2.05, 4.69) is 27.1 Å². The maximum absolute atomic E-state index is 12.6. The SMILES string of the molecule is CS(=O)(=O)Nc1cc(Cl)ccc1OCC(=O)N[C@H]1C[C@H]2CC[C@@H](C1)N2Cc1ccc(Cl)cc1. The van der Waals surface area contributed by atoms with Crippen LogP contribution in [0.15, 0.2) is 42.5 Å². The lowest BCUT2D eigenvalue weighted by molar-refractivity contribution is -0.124. The van der Waals surface area contributed by atoms with Gasteiger partial charge in [0.2, 0.25) is 10.0 Å². The molecule has 2 aliphatic rings. The first-order valence-corrected chi connectivity index (χ1v) is 13.5. The lowest BCUT2D eigenvalue weighted by Crippen LogP contribution is -2.50. The molecule has 0 radical (unpaired) electrons. The van der Waals surface area contributed by atoms with Gasteiger partial charge in [-0.05, 0) is 61.6 Å². The summed E-state index contributed by atoms with van der Waals surface area (Å²) in [6, 6.07) is 13.5. The third-order valence-corrected chi connectivity index (χ3v) is 7.20. The van der Waals surface area contributed by atoms with Gasteiger partial charge in [0.05, 0.1) is 11.9 Å². The summed E-state index contributed by atoms with van der Waals surface area (Å²) in [6.07, 6.45) is 5.10. The smallest absolute Gasteiger partial charge is 0.258 e. The zero-order chi connectivity index (χ0) is 23.6. The number of piperidine rings is 1. The van der Waals surface area contributed by atoms with E-state index in [-0.39, 0.29) is 30.0 Å². The lowest BCUT2D eigenvalue weighted by atomic mass is 9.96. The standard InChI is InChI=1S/C23H27Cl2N3O4S/c1-33(30,31)27-21-10-17(25)6-9-22(21)32-14-23(29)26-18-11-19-7-8-20(12-18)28(19)13-15-2-4-16(24)5-3-15/h2-6,9-10,18-20,27H,7-8,11-14H2,1H3,(H,26,29)/t18-,19+,20-. The van der Waals surface area contributed by atoms with Crippen molar-refractivity contribution in [2.45, 2.75) is 50.4 Å². The fraction of sp³-hybridized carbons (Fsp3) is 0.435. The zero-order valence-corrected chi connectivity index (χ0v) is 20.6. The second-order valence-electron chi connectivity index (χ2n) is 8.72. The molecule has 1 amide bonds. The summed E-state index contributed by atoms with van der Waals surface area (Å²) in [6.45, 7) is 0.684. The van der Waals surface area contributed by atoms with Crippen molar-refractivity contribution in [2.24, 2.45) is 0 Å². The first-order valence-electron chi connectivity index (χ1n) is 10.9. The minimum atomic E-state index is -3.51. The molecule has 2 heterocycles. The number of benzene rings is 2. The molecule has 2 aromatic carbocycles. The van der Waals surface area contributed by atoms with E-state index in [9.17, 15) is 13.2 Å². The molecule has 2 aliphatic heterocycles. The number of sulfonamides is 1. The number of ether oxygens (including phenoxy) is 1. The third-order valence-electron chi connectivity index (χ3n) is 6.12. The van der Waals surface area contributed by atoms with Crippen molar-refractivity contribution < 1.29 is 17.9 Å². The Morgan fingerprint density at radius 1 is 1.06 bits per heavy atom. The van der Waals surface area contributed by atoms with E-state index < -0.39 is 10.0 Å². The van der Waals surface area contributed by atoms with E-state index in [1.54, 1.807) is 12.1 Å². The molecule has 2 bridgehead atoms. The van der Waals surface area contributed by atoms with Crippen molar-refractivity contribution in [1.82, 2.24) is 10.2 Å². The fourth-order valence-corrected chi connectivity index (χ4v) is 5.63. The number of hydrogen-bond acceptors (Lipinski definition) is 5. The van der Waals surface area contributed by atoms with E-state index in [1.165, 1.54) is 11.6 Å². The number of carbonyl (C=O) groups is 1. The molecule has 3 atom stereocenters. The summed E-state index contributed by atoms with van der Waals surface area (Å²) < 4.78 is 31.1. The minimum absolute atomic E-state index is 0.0962. The largest absolute Gasteiger partial charge is 0.482 e. The molecule has 4 rings (SSSR count). The maximum Gasteiger partial charge on any atom is 0.258 e. The third kappa shape index (κ3) is 6.53. The molecule has 0 saturated carbocycles. The topological polar surface area (TPSA) is 87.7 Å². The molecule has 33 heavy (non-hydrogen) atoms.